The van der Waals surface area contributed by atoms with Gasteiger partial charge in [0.2, 0.25) is 0 Å². The molecule has 14 heavy (non-hydrogen) atoms. The number of aliphatic carboxylic acids is 1. The number of alkyl halides is 1. The highest BCUT2D eigenvalue weighted by Gasteiger charge is 2.13. The van der Waals surface area contributed by atoms with Crippen molar-refractivity contribution in [1.82, 2.24) is 0 Å². The van der Waals surface area contributed by atoms with E-state index >= 15 is 0 Å². The molecule has 0 spiro atoms. The van der Waals surface area contributed by atoms with Crippen LogP contribution in [-0.2, 0) is 17.9 Å². The number of carboxylic acid groups (broad SMARTS) is 1. The van der Waals surface area contributed by atoms with E-state index in [-0.39, 0.29) is 6.42 Å². The van der Waals surface area contributed by atoms with Crippen LogP contribution in [0.1, 0.15) is 11.1 Å². The molecule has 0 amide bonds. The Hall–Kier alpha value is -1.42. The minimum atomic E-state index is -1.07. The van der Waals surface area contributed by atoms with Crippen LogP contribution >= 0.6 is 0 Å². The van der Waals surface area contributed by atoms with Crippen LogP contribution in [0.2, 0.25) is 0 Å². The Balaban J connectivity index is 2.80. The molecule has 4 heteroatoms. The van der Waals surface area contributed by atoms with Crippen LogP contribution in [-0.4, -0.2) is 17.1 Å². The van der Waals surface area contributed by atoms with Crippen LogP contribution in [0.25, 0.3) is 0 Å². The van der Waals surface area contributed by atoms with Crippen molar-refractivity contribution in [3.63, 3.8) is 0 Å². The molecule has 0 bridgehead atoms. The van der Waals surface area contributed by atoms with Gasteiger partial charge in [0.15, 0.2) is 0 Å². The lowest BCUT2D eigenvalue weighted by atomic mass is 10.0. The van der Waals surface area contributed by atoms with Gasteiger partial charge in [0, 0.05) is 0 Å². The van der Waals surface area contributed by atoms with E-state index in [1.165, 1.54) is 0 Å². The fraction of sp³-hybridized carbons (Fsp3) is 0.300. The van der Waals surface area contributed by atoms with Crippen molar-refractivity contribution in [2.24, 2.45) is 5.73 Å². The number of carboxylic acids is 1. The maximum atomic E-state index is 12.4. The Labute approximate surface area is 81.4 Å². The average molecular weight is 197 g/mol. The molecule has 0 aliphatic rings. The van der Waals surface area contributed by atoms with Crippen molar-refractivity contribution in [3.05, 3.63) is 35.4 Å². The van der Waals surface area contributed by atoms with E-state index in [0.29, 0.717) is 11.1 Å². The zero-order chi connectivity index (χ0) is 10.6. The highest BCUT2D eigenvalue weighted by molar-refractivity contribution is 5.73. The molecule has 0 radical (unpaired) electrons. The summed E-state index contributed by atoms with van der Waals surface area (Å²) in [7, 11) is 0. The smallest absolute Gasteiger partial charge is 0.320 e. The Bertz CT molecular complexity index is 328. The van der Waals surface area contributed by atoms with Gasteiger partial charge in [0.25, 0.3) is 0 Å². The van der Waals surface area contributed by atoms with Gasteiger partial charge in [-0.15, -0.1) is 0 Å². The first-order valence-corrected chi connectivity index (χ1v) is 4.26. The summed E-state index contributed by atoms with van der Waals surface area (Å²) in [5.41, 5.74) is 6.51. The lowest BCUT2D eigenvalue weighted by Crippen LogP contribution is -2.32. The molecule has 0 aliphatic carbocycles. The topological polar surface area (TPSA) is 63.3 Å². The van der Waals surface area contributed by atoms with E-state index < -0.39 is 18.7 Å². The maximum Gasteiger partial charge on any atom is 0.320 e. The highest BCUT2D eigenvalue weighted by atomic mass is 19.1. The first-order chi connectivity index (χ1) is 6.65. The summed E-state index contributed by atoms with van der Waals surface area (Å²) >= 11 is 0. The molecule has 3 N–H and O–H groups in total. The zero-order valence-corrected chi connectivity index (χ0v) is 7.61. The van der Waals surface area contributed by atoms with Gasteiger partial charge < -0.3 is 10.8 Å². The second-order valence-corrected chi connectivity index (χ2v) is 3.05. The van der Waals surface area contributed by atoms with Gasteiger partial charge in [-0.25, -0.2) is 4.39 Å². The van der Waals surface area contributed by atoms with Crippen LogP contribution in [0.3, 0.4) is 0 Å². The molecule has 0 heterocycles. The van der Waals surface area contributed by atoms with Gasteiger partial charge in [-0.2, -0.15) is 0 Å². The van der Waals surface area contributed by atoms with Gasteiger partial charge in [-0.1, -0.05) is 24.3 Å². The Morgan fingerprint density at radius 2 is 2.00 bits per heavy atom. The molecule has 0 aromatic heterocycles. The van der Waals surface area contributed by atoms with Gasteiger partial charge in [0.1, 0.15) is 12.7 Å². The monoisotopic (exact) mass is 197 g/mol. The normalized spacial score (nSPS) is 12.4. The lowest BCUT2D eigenvalue weighted by Gasteiger charge is -2.09. The van der Waals surface area contributed by atoms with E-state index in [1.54, 1.807) is 24.3 Å². The minimum absolute atomic E-state index is 0.162. The van der Waals surface area contributed by atoms with Crippen LogP contribution in [0.5, 0.6) is 0 Å². The van der Waals surface area contributed by atoms with Crippen molar-refractivity contribution >= 4 is 5.97 Å². The first-order valence-electron chi connectivity index (χ1n) is 4.26. The number of rotatable bonds is 4. The van der Waals surface area contributed by atoms with E-state index in [1.807, 2.05) is 0 Å². The second-order valence-electron chi connectivity index (χ2n) is 3.05. The third-order valence-corrected chi connectivity index (χ3v) is 2.02. The highest BCUT2D eigenvalue weighted by Crippen LogP contribution is 2.11. The molecule has 1 atom stereocenters. The lowest BCUT2D eigenvalue weighted by molar-refractivity contribution is -0.138. The van der Waals surface area contributed by atoms with Gasteiger partial charge >= 0.3 is 5.97 Å². The fourth-order valence-corrected chi connectivity index (χ4v) is 1.21. The van der Waals surface area contributed by atoms with E-state index in [2.05, 4.69) is 0 Å². The Morgan fingerprint density at radius 1 is 1.43 bits per heavy atom. The molecule has 0 saturated heterocycles. The third kappa shape index (κ3) is 2.53. The average Bonchev–Trinajstić information content (AvgIpc) is 2.18. The van der Waals surface area contributed by atoms with Crippen molar-refractivity contribution in [2.75, 3.05) is 0 Å². The summed E-state index contributed by atoms with van der Waals surface area (Å²) in [4.78, 5) is 10.5. The number of nitrogens with two attached hydrogens (primary N) is 1. The van der Waals surface area contributed by atoms with Gasteiger partial charge in [0.05, 0.1) is 0 Å². The number of hydrogen-bond donors (Lipinski definition) is 2. The minimum Gasteiger partial charge on any atom is -0.480 e. The largest absolute Gasteiger partial charge is 0.480 e. The van der Waals surface area contributed by atoms with E-state index in [9.17, 15) is 9.18 Å². The molecule has 1 rings (SSSR count). The Kier molecular flexibility index (Phi) is 3.59. The SMILES string of the molecule is N[C@@H](Cc1ccccc1CF)C(=O)O. The molecule has 0 saturated carbocycles. The number of hydrogen-bond acceptors (Lipinski definition) is 2. The van der Waals surface area contributed by atoms with Gasteiger partial charge in [-0.05, 0) is 17.5 Å². The molecule has 0 fully saturated rings. The van der Waals surface area contributed by atoms with Crippen molar-refractivity contribution in [2.45, 2.75) is 19.1 Å². The molecule has 1 aromatic rings. The van der Waals surface area contributed by atoms with Crippen molar-refractivity contribution < 1.29 is 14.3 Å². The molecule has 0 aliphatic heterocycles. The van der Waals surface area contributed by atoms with Crippen LogP contribution < -0.4 is 5.73 Å². The number of carbonyl (C=O) groups is 1. The summed E-state index contributed by atoms with van der Waals surface area (Å²) in [6.45, 7) is -0.595. The Morgan fingerprint density at radius 3 is 2.50 bits per heavy atom. The summed E-state index contributed by atoms with van der Waals surface area (Å²) in [5, 5.41) is 8.59. The molecule has 0 unspecified atom stereocenters. The van der Waals surface area contributed by atoms with Gasteiger partial charge in [-0.3, -0.25) is 4.79 Å². The van der Waals surface area contributed by atoms with Crippen LogP contribution in [0.4, 0.5) is 4.39 Å². The number of halogens is 1. The molecular formula is C10H12FNO2. The van der Waals surface area contributed by atoms with Crippen molar-refractivity contribution in [3.8, 4) is 0 Å². The predicted molar refractivity (Wildman–Crippen MR) is 50.6 cm³/mol. The van der Waals surface area contributed by atoms with E-state index in [4.69, 9.17) is 10.8 Å². The van der Waals surface area contributed by atoms with E-state index in [0.717, 1.165) is 0 Å². The summed E-state index contributed by atoms with van der Waals surface area (Å²) in [6.07, 6.45) is 0.162. The molecular weight excluding hydrogens is 185 g/mol. The summed E-state index contributed by atoms with van der Waals surface area (Å²) in [5.74, 6) is -1.07. The van der Waals surface area contributed by atoms with Crippen LogP contribution in [0, 0.1) is 0 Å². The fourth-order valence-electron chi connectivity index (χ4n) is 1.21. The van der Waals surface area contributed by atoms with Crippen molar-refractivity contribution in [1.29, 1.82) is 0 Å². The maximum absolute atomic E-state index is 12.4. The van der Waals surface area contributed by atoms with Crippen LogP contribution in [0.15, 0.2) is 24.3 Å². The summed E-state index contributed by atoms with van der Waals surface area (Å²) in [6, 6.07) is 5.80. The quantitative estimate of drug-likeness (QED) is 0.760. The molecule has 1 aromatic carbocycles. The standard InChI is InChI=1S/C10H12FNO2/c11-6-8-4-2-1-3-7(8)5-9(12)10(13)14/h1-4,9H,5-6,12H2,(H,13,14)/t9-/m0/s1. The molecule has 76 valence electrons. The second kappa shape index (κ2) is 4.72. The zero-order valence-electron chi connectivity index (χ0n) is 7.61. The summed E-state index contributed by atoms with van der Waals surface area (Å²) < 4.78 is 12.4. The number of benzene rings is 1. The predicted octanol–water partition coefficient (Wildman–Crippen LogP) is 1.11. The molecule has 3 nitrogen and oxygen atoms in total. The first kappa shape index (κ1) is 10.7. The third-order valence-electron chi connectivity index (χ3n) is 2.02.